The average molecular weight is 259 g/mol. The summed E-state index contributed by atoms with van der Waals surface area (Å²) in [5.41, 5.74) is 0.956. The molecular weight excluding hydrogens is 245 g/mol. The van der Waals surface area contributed by atoms with Crippen molar-refractivity contribution in [1.82, 2.24) is 4.98 Å². The molecule has 0 bridgehead atoms. The molecule has 0 aliphatic rings. The molecule has 92 valence electrons. The molecule has 0 radical (unpaired) electrons. The Labute approximate surface area is 120 Å². The van der Waals surface area contributed by atoms with Crippen molar-refractivity contribution in [3.8, 4) is 0 Å². The van der Waals surface area contributed by atoms with E-state index in [-0.39, 0.29) is 25.2 Å². The van der Waals surface area contributed by atoms with Crippen molar-refractivity contribution in [2.45, 2.75) is 11.8 Å². The van der Waals surface area contributed by atoms with Crippen LogP contribution in [0.1, 0.15) is 6.99 Å². The van der Waals surface area contributed by atoms with Gasteiger partial charge in [-0.25, -0.2) is 0 Å². The molecule has 0 amide bonds. The topological polar surface area (TPSA) is 67.3 Å². The third-order valence-corrected chi connectivity index (χ3v) is 2.75. The maximum Gasteiger partial charge on any atom is 1.00 e. The zero-order valence-corrected chi connectivity index (χ0v) is 11.1. The first-order valence-corrected chi connectivity index (χ1v) is 6.33. The fraction of sp³-hybridized carbons (Fsp3) is 0.0833. The summed E-state index contributed by atoms with van der Waals surface area (Å²) in [5, 5.41) is 0. The van der Waals surface area contributed by atoms with Crippen molar-refractivity contribution in [2.24, 2.45) is 0 Å². The quantitative estimate of drug-likeness (QED) is 0.550. The van der Waals surface area contributed by atoms with Gasteiger partial charge in [-0.15, -0.1) is 0 Å². The fourth-order valence-electron chi connectivity index (χ4n) is 1.02. The molecule has 1 aromatic carbocycles. The molecule has 6 heteroatoms. The van der Waals surface area contributed by atoms with E-state index >= 15 is 0 Å². The van der Waals surface area contributed by atoms with Crippen LogP contribution in [0.15, 0.2) is 59.8 Å². The van der Waals surface area contributed by atoms with E-state index in [0.717, 1.165) is 5.56 Å². The van der Waals surface area contributed by atoms with Crippen LogP contribution in [0.2, 0.25) is 0 Å². The zero-order valence-electron chi connectivity index (χ0n) is 11.3. The smallest absolute Gasteiger partial charge is 1.00 e. The molecule has 0 fully saturated rings. The summed E-state index contributed by atoms with van der Waals surface area (Å²) in [7, 11) is -4.02. The summed E-state index contributed by atoms with van der Waals surface area (Å²) in [6, 6.07) is 11.7. The molecule has 4 nitrogen and oxygen atoms in total. The summed E-state index contributed by atoms with van der Waals surface area (Å²) < 4.78 is 29.6. The van der Waals surface area contributed by atoms with Crippen LogP contribution in [-0.4, -0.2) is 18.0 Å². The first-order valence-electron chi connectivity index (χ1n) is 4.89. The van der Waals surface area contributed by atoms with Crippen molar-refractivity contribution in [3.63, 3.8) is 0 Å². The van der Waals surface area contributed by atoms with Gasteiger partial charge in [0.05, 0.1) is 4.90 Å². The van der Waals surface area contributed by atoms with E-state index in [1.54, 1.807) is 24.5 Å². The third-order valence-electron chi connectivity index (χ3n) is 1.89. The first-order chi connectivity index (χ1) is 8.00. The van der Waals surface area contributed by atoms with Gasteiger partial charge in [0.1, 0.15) is 0 Å². The van der Waals surface area contributed by atoms with Gasteiger partial charge in [-0.1, -0.05) is 23.8 Å². The summed E-state index contributed by atoms with van der Waals surface area (Å²) in [5.74, 6) is 0. The molecular formula is C12H14LiNO3S. The van der Waals surface area contributed by atoms with Gasteiger partial charge in [-0.3, -0.25) is 9.54 Å². The van der Waals surface area contributed by atoms with Crippen LogP contribution in [0.25, 0.3) is 0 Å². The monoisotopic (exact) mass is 259 g/mol. The first kappa shape index (κ1) is 16.9. The minimum Gasteiger partial charge on any atom is -1.00 e. The van der Waals surface area contributed by atoms with Gasteiger partial charge in [0.2, 0.25) is 0 Å². The minimum atomic E-state index is -4.02. The molecule has 1 N–H and O–H groups in total. The number of benzene rings is 1. The van der Waals surface area contributed by atoms with Crippen LogP contribution in [0.4, 0.5) is 0 Å². The molecule has 0 saturated heterocycles. The van der Waals surface area contributed by atoms with Crippen LogP contribution < -0.4 is 18.9 Å². The summed E-state index contributed by atoms with van der Waals surface area (Å²) >= 11 is 0. The van der Waals surface area contributed by atoms with Crippen molar-refractivity contribution in [2.75, 3.05) is 0 Å². The van der Waals surface area contributed by atoms with Crippen molar-refractivity contribution < 1.29 is 33.3 Å². The van der Waals surface area contributed by atoms with Gasteiger partial charge in [0.25, 0.3) is 10.1 Å². The largest absolute Gasteiger partial charge is 1.00 e. The maximum atomic E-state index is 10.5. The van der Waals surface area contributed by atoms with Crippen molar-refractivity contribution in [1.29, 1.82) is 0 Å². The van der Waals surface area contributed by atoms with Gasteiger partial charge in [-0.05, 0) is 31.2 Å². The molecule has 1 heterocycles. The Morgan fingerprint density at radius 3 is 1.83 bits per heavy atom. The fourth-order valence-corrected chi connectivity index (χ4v) is 1.50. The van der Waals surface area contributed by atoms with E-state index in [1.165, 1.54) is 12.1 Å². The van der Waals surface area contributed by atoms with Crippen molar-refractivity contribution in [3.05, 3.63) is 60.4 Å². The zero-order chi connectivity index (χ0) is 12.7. The van der Waals surface area contributed by atoms with Crippen molar-refractivity contribution >= 4 is 10.1 Å². The van der Waals surface area contributed by atoms with Crippen LogP contribution in [0.3, 0.4) is 0 Å². The van der Waals surface area contributed by atoms with Crippen LogP contribution in [-0.2, 0) is 10.1 Å². The number of rotatable bonds is 1. The Bertz CT molecular complexity index is 520. The number of hydrogen-bond donors (Lipinski definition) is 1. The normalized spacial score (nSPS) is 9.67. The second-order valence-corrected chi connectivity index (χ2v) is 4.73. The summed E-state index contributed by atoms with van der Waals surface area (Å²) in [6.07, 6.45) is 3.50. The van der Waals surface area contributed by atoms with Gasteiger partial charge < -0.3 is 1.43 Å². The molecule has 0 spiro atoms. The molecule has 1 aromatic heterocycles. The van der Waals surface area contributed by atoms with E-state index in [2.05, 4.69) is 4.98 Å². The minimum absolute atomic E-state index is 0. The number of nitrogens with zero attached hydrogens (tertiary/aromatic N) is 1. The van der Waals surface area contributed by atoms with E-state index in [1.807, 2.05) is 25.1 Å². The second-order valence-electron chi connectivity index (χ2n) is 3.31. The Kier molecular flexibility index (Phi) is 7.56. The number of aryl methyl sites for hydroxylation is 1. The number of aromatic nitrogens is 1. The van der Waals surface area contributed by atoms with E-state index in [9.17, 15) is 8.42 Å². The molecule has 0 saturated carbocycles. The van der Waals surface area contributed by atoms with E-state index in [0.29, 0.717) is 0 Å². The predicted molar refractivity (Wildman–Crippen MR) is 66.3 cm³/mol. The van der Waals surface area contributed by atoms with Crippen LogP contribution in [0.5, 0.6) is 0 Å². The van der Waals surface area contributed by atoms with Gasteiger partial charge in [0, 0.05) is 12.4 Å². The number of pyridine rings is 1. The average Bonchev–Trinajstić information content (AvgIpc) is 2.31. The summed E-state index contributed by atoms with van der Waals surface area (Å²) in [6.45, 7) is 1.84. The Morgan fingerprint density at radius 1 is 1.06 bits per heavy atom. The van der Waals surface area contributed by atoms with Gasteiger partial charge >= 0.3 is 18.9 Å². The van der Waals surface area contributed by atoms with E-state index < -0.39 is 10.1 Å². The molecule has 2 aromatic rings. The Balaban J connectivity index is 0. The molecule has 2 rings (SSSR count). The molecule has 0 aliphatic carbocycles. The van der Waals surface area contributed by atoms with Gasteiger partial charge in [0.15, 0.2) is 0 Å². The van der Waals surface area contributed by atoms with Gasteiger partial charge in [-0.2, -0.15) is 8.42 Å². The van der Waals surface area contributed by atoms with Crippen LogP contribution in [0, 0.1) is 6.92 Å². The standard InChI is InChI=1S/C7H8O3S.C5H5N.Li.H/c1-6-2-4-7(5-3-6)11(8,9)10;1-2-4-6-5-3-1;;/h2-5H,1H3,(H,8,9,10);1-5H;;/q;;+1;-1. The van der Waals surface area contributed by atoms with E-state index in [4.69, 9.17) is 4.55 Å². The third kappa shape index (κ3) is 6.57. The summed E-state index contributed by atoms with van der Waals surface area (Å²) in [4.78, 5) is 3.72. The second kappa shape index (κ2) is 8.06. The SMILES string of the molecule is Cc1ccc(S(=O)(=O)O)cc1.[H-].[Li+].c1ccncc1. The number of hydrogen-bond acceptors (Lipinski definition) is 3. The maximum absolute atomic E-state index is 10.5. The molecule has 0 unspecified atom stereocenters. The van der Waals surface area contributed by atoms with Crippen LogP contribution >= 0.6 is 0 Å². The Morgan fingerprint density at radius 2 is 1.56 bits per heavy atom. The molecule has 0 atom stereocenters. The predicted octanol–water partition coefficient (Wildman–Crippen LogP) is -0.560. The molecule has 0 aliphatic heterocycles. The molecule has 18 heavy (non-hydrogen) atoms. The Hall–Kier alpha value is -1.12.